The van der Waals surface area contributed by atoms with Crippen molar-refractivity contribution in [2.45, 2.75) is 25.8 Å². The van der Waals surface area contributed by atoms with Crippen molar-refractivity contribution in [3.63, 3.8) is 0 Å². The lowest BCUT2D eigenvalue weighted by Gasteiger charge is -2.27. The van der Waals surface area contributed by atoms with Gasteiger partial charge in [0.2, 0.25) is 10.0 Å². The first kappa shape index (κ1) is 15.9. The van der Waals surface area contributed by atoms with E-state index >= 15 is 0 Å². The van der Waals surface area contributed by atoms with E-state index < -0.39 is 15.6 Å². The van der Waals surface area contributed by atoms with E-state index in [-0.39, 0.29) is 5.82 Å². The molecule has 2 heterocycles. The van der Waals surface area contributed by atoms with Crippen LogP contribution in [0.2, 0.25) is 0 Å². The van der Waals surface area contributed by atoms with Gasteiger partial charge in [-0.2, -0.15) is 0 Å². The van der Waals surface area contributed by atoms with Gasteiger partial charge in [-0.05, 0) is 49.3 Å². The molecule has 6 heteroatoms. The normalized spacial score (nSPS) is 26.1. The maximum absolute atomic E-state index is 13.1. The maximum atomic E-state index is 13.1. The second-order valence-corrected chi connectivity index (χ2v) is 8.01. The summed E-state index contributed by atoms with van der Waals surface area (Å²) in [6, 6.07) is 6.01. The van der Waals surface area contributed by atoms with Gasteiger partial charge in [-0.15, -0.1) is 0 Å². The molecule has 0 amide bonds. The van der Waals surface area contributed by atoms with Gasteiger partial charge in [-0.3, -0.25) is 9.30 Å². The Morgan fingerprint density at radius 1 is 1.26 bits per heavy atom. The average molecular weight is 334 g/mol. The van der Waals surface area contributed by atoms with Gasteiger partial charge in [0.05, 0.1) is 12.0 Å². The number of aliphatic imine (C=N–C) groups is 1. The third-order valence-corrected chi connectivity index (χ3v) is 5.57. The molecule has 2 aliphatic heterocycles. The Labute approximate surface area is 136 Å². The van der Waals surface area contributed by atoms with Crippen molar-refractivity contribution in [2.24, 2.45) is 4.99 Å². The predicted octanol–water partition coefficient (Wildman–Crippen LogP) is 2.99. The Hall–Kier alpha value is -1.95. The van der Waals surface area contributed by atoms with E-state index in [0.717, 1.165) is 16.8 Å². The molecule has 0 radical (unpaired) electrons. The van der Waals surface area contributed by atoms with E-state index in [1.54, 1.807) is 18.2 Å². The maximum Gasteiger partial charge on any atom is 0.232 e. The minimum Gasteiger partial charge on any atom is -0.273 e. The largest absolute Gasteiger partial charge is 0.273 e. The van der Waals surface area contributed by atoms with E-state index in [4.69, 9.17) is 4.99 Å². The summed E-state index contributed by atoms with van der Waals surface area (Å²) in [5, 5.41) is 0. The summed E-state index contributed by atoms with van der Waals surface area (Å²) in [6.45, 7) is 4.29. The average Bonchev–Trinajstić information content (AvgIpc) is 2.94. The monoisotopic (exact) mass is 334 g/mol. The van der Waals surface area contributed by atoms with E-state index in [0.29, 0.717) is 18.7 Å². The lowest BCUT2D eigenvalue weighted by Crippen LogP contribution is -2.32. The van der Waals surface area contributed by atoms with Crippen molar-refractivity contribution in [1.82, 2.24) is 4.31 Å². The SMILES string of the molecule is CC1=CC(C)=N[C@]12CCN(S(C)(=O)=O)/C2=C/c1ccc(F)cc1. The van der Waals surface area contributed by atoms with Crippen LogP contribution in [0.3, 0.4) is 0 Å². The molecule has 0 saturated carbocycles. The van der Waals surface area contributed by atoms with Crippen molar-refractivity contribution in [2.75, 3.05) is 12.8 Å². The summed E-state index contributed by atoms with van der Waals surface area (Å²) in [7, 11) is -3.39. The zero-order valence-corrected chi connectivity index (χ0v) is 14.2. The number of rotatable bonds is 2. The number of allylic oxidation sites excluding steroid dienone is 1. The van der Waals surface area contributed by atoms with Crippen LogP contribution in [0.1, 0.15) is 25.8 Å². The molecule has 1 aromatic rings. The number of hydrogen-bond donors (Lipinski definition) is 0. The van der Waals surface area contributed by atoms with Gasteiger partial charge in [-0.25, -0.2) is 12.8 Å². The Balaban J connectivity index is 2.16. The third kappa shape index (κ3) is 2.72. The van der Waals surface area contributed by atoms with Crippen LogP contribution < -0.4 is 0 Å². The summed E-state index contributed by atoms with van der Waals surface area (Å²) in [6.07, 6.45) is 5.61. The topological polar surface area (TPSA) is 49.7 Å². The van der Waals surface area contributed by atoms with Crippen LogP contribution in [0.5, 0.6) is 0 Å². The Morgan fingerprint density at radius 2 is 1.91 bits per heavy atom. The number of hydrogen-bond acceptors (Lipinski definition) is 3. The molecule has 0 bridgehead atoms. The molecule has 23 heavy (non-hydrogen) atoms. The zero-order valence-electron chi connectivity index (χ0n) is 13.4. The van der Waals surface area contributed by atoms with Crippen molar-refractivity contribution < 1.29 is 12.8 Å². The molecule has 1 fully saturated rings. The van der Waals surface area contributed by atoms with Crippen LogP contribution in [-0.4, -0.2) is 36.8 Å². The van der Waals surface area contributed by atoms with Gasteiger partial charge in [0, 0.05) is 18.7 Å². The van der Waals surface area contributed by atoms with E-state index in [1.807, 2.05) is 19.9 Å². The molecule has 4 nitrogen and oxygen atoms in total. The van der Waals surface area contributed by atoms with Crippen molar-refractivity contribution in [3.8, 4) is 0 Å². The Bertz CT molecular complexity index is 838. The van der Waals surface area contributed by atoms with Gasteiger partial charge in [0.15, 0.2) is 0 Å². The molecule has 122 valence electrons. The number of benzene rings is 1. The van der Waals surface area contributed by atoms with Crippen molar-refractivity contribution in [3.05, 3.63) is 53.0 Å². The zero-order chi connectivity index (χ0) is 16.8. The molecule has 1 spiro atoms. The fraction of sp³-hybridized carbons (Fsp3) is 0.353. The minimum atomic E-state index is -3.39. The lowest BCUT2D eigenvalue weighted by atomic mass is 9.88. The molecule has 1 atom stereocenters. The molecule has 0 unspecified atom stereocenters. The summed E-state index contributed by atoms with van der Waals surface area (Å²) in [5.41, 5.74) is 2.69. The summed E-state index contributed by atoms with van der Waals surface area (Å²) >= 11 is 0. The first-order valence-corrected chi connectivity index (χ1v) is 9.28. The smallest absolute Gasteiger partial charge is 0.232 e. The van der Waals surface area contributed by atoms with Crippen molar-refractivity contribution >= 4 is 21.8 Å². The van der Waals surface area contributed by atoms with Gasteiger partial charge in [0.1, 0.15) is 11.4 Å². The number of nitrogens with zero attached hydrogens (tertiary/aromatic N) is 2. The summed E-state index contributed by atoms with van der Waals surface area (Å²) < 4.78 is 38.9. The summed E-state index contributed by atoms with van der Waals surface area (Å²) in [4.78, 5) is 4.73. The highest BCUT2D eigenvalue weighted by Gasteiger charge is 2.48. The quantitative estimate of drug-likeness (QED) is 0.835. The van der Waals surface area contributed by atoms with E-state index in [2.05, 4.69) is 0 Å². The molecule has 0 aliphatic carbocycles. The van der Waals surface area contributed by atoms with Gasteiger partial charge in [0.25, 0.3) is 0 Å². The molecule has 0 N–H and O–H groups in total. The third-order valence-electron chi connectivity index (χ3n) is 4.39. The van der Waals surface area contributed by atoms with Crippen LogP contribution in [0.4, 0.5) is 4.39 Å². The van der Waals surface area contributed by atoms with Crippen molar-refractivity contribution in [1.29, 1.82) is 0 Å². The fourth-order valence-corrected chi connectivity index (χ4v) is 4.32. The van der Waals surface area contributed by atoms with Crippen LogP contribution in [0.25, 0.3) is 6.08 Å². The highest BCUT2D eigenvalue weighted by molar-refractivity contribution is 7.88. The molecule has 1 saturated heterocycles. The molecular formula is C17H19FN2O2S. The Morgan fingerprint density at radius 3 is 2.43 bits per heavy atom. The molecule has 3 rings (SSSR count). The first-order chi connectivity index (χ1) is 10.7. The second kappa shape index (κ2) is 5.30. The highest BCUT2D eigenvalue weighted by atomic mass is 32.2. The summed E-state index contributed by atoms with van der Waals surface area (Å²) in [5.74, 6) is -0.320. The van der Waals surface area contributed by atoms with Crippen LogP contribution in [-0.2, 0) is 10.0 Å². The molecule has 0 aromatic heterocycles. The van der Waals surface area contributed by atoms with E-state index in [9.17, 15) is 12.8 Å². The first-order valence-electron chi connectivity index (χ1n) is 7.43. The van der Waals surface area contributed by atoms with E-state index in [1.165, 1.54) is 22.7 Å². The molecular weight excluding hydrogens is 315 g/mol. The predicted molar refractivity (Wildman–Crippen MR) is 90.1 cm³/mol. The lowest BCUT2D eigenvalue weighted by molar-refractivity contribution is 0.515. The van der Waals surface area contributed by atoms with Gasteiger partial charge in [-0.1, -0.05) is 12.1 Å². The fourth-order valence-electron chi connectivity index (χ4n) is 3.34. The number of sulfonamides is 1. The molecule has 2 aliphatic rings. The van der Waals surface area contributed by atoms with Gasteiger partial charge < -0.3 is 0 Å². The minimum absolute atomic E-state index is 0.320. The van der Waals surface area contributed by atoms with Crippen LogP contribution >= 0.6 is 0 Å². The number of halogens is 1. The van der Waals surface area contributed by atoms with Crippen LogP contribution in [0.15, 0.2) is 46.6 Å². The highest BCUT2D eigenvalue weighted by Crippen LogP contribution is 2.45. The second-order valence-electron chi connectivity index (χ2n) is 6.11. The van der Waals surface area contributed by atoms with Gasteiger partial charge >= 0.3 is 0 Å². The molecule has 1 aromatic carbocycles. The Kier molecular flexibility index (Phi) is 3.67. The standard InChI is InChI=1S/C17H19FN2O2S/c1-12-10-13(2)19-17(12)8-9-20(23(3,21)22)16(17)11-14-4-6-15(18)7-5-14/h4-7,10-11H,8-9H2,1-3H3/b16-11+/t17-/m1/s1. The van der Waals surface area contributed by atoms with Crippen LogP contribution in [0, 0.1) is 5.82 Å².